The molecular weight excluding hydrogens is 426 g/mol. The molecule has 0 radical (unpaired) electrons. The predicted octanol–water partition coefficient (Wildman–Crippen LogP) is 3.85. The SMILES string of the molecule is COc1cc(CCOC(=O)[C@@H]2CCCN(C(=O)OCc3ccccc3)C2)cc(OC)c1OC. The number of nitrogens with zero attached hydrogens (tertiary/aromatic N) is 1. The third kappa shape index (κ3) is 6.54. The van der Waals surface area contributed by atoms with Gasteiger partial charge in [-0.1, -0.05) is 30.3 Å². The molecule has 1 amide bonds. The van der Waals surface area contributed by atoms with Crippen molar-refractivity contribution in [3.8, 4) is 17.2 Å². The molecule has 0 saturated carbocycles. The number of rotatable bonds is 9. The molecule has 0 N–H and O–H groups in total. The van der Waals surface area contributed by atoms with Crippen LogP contribution in [0, 0.1) is 5.92 Å². The summed E-state index contributed by atoms with van der Waals surface area (Å²) in [6, 6.07) is 13.2. The number of hydrogen-bond donors (Lipinski definition) is 0. The first kappa shape index (κ1) is 24.2. The molecule has 2 aromatic carbocycles. The molecule has 3 rings (SSSR count). The maximum Gasteiger partial charge on any atom is 0.410 e. The van der Waals surface area contributed by atoms with E-state index in [1.54, 1.807) is 26.2 Å². The average Bonchev–Trinajstić information content (AvgIpc) is 2.87. The lowest BCUT2D eigenvalue weighted by molar-refractivity contribution is -0.150. The summed E-state index contributed by atoms with van der Waals surface area (Å²) < 4.78 is 27.0. The van der Waals surface area contributed by atoms with Gasteiger partial charge in [-0.15, -0.1) is 0 Å². The molecule has 0 aliphatic carbocycles. The van der Waals surface area contributed by atoms with E-state index in [0.717, 1.165) is 17.5 Å². The van der Waals surface area contributed by atoms with Crippen LogP contribution in [0.5, 0.6) is 17.2 Å². The largest absolute Gasteiger partial charge is 0.493 e. The molecule has 1 fully saturated rings. The number of ether oxygens (including phenoxy) is 5. The third-order valence-corrected chi connectivity index (χ3v) is 5.58. The van der Waals surface area contributed by atoms with Crippen LogP contribution in [0.2, 0.25) is 0 Å². The molecule has 178 valence electrons. The Morgan fingerprint density at radius 1 is 0.939 bits per heavy atom. The van der Waals surface area contributed by atoms with Crippen LogP contribution in [0.4, 0.5) is 4.79 Å². The first-order valence-electron chi connectivity index (χ1n) is 11.0. The van der Waals surface area contributed by atoms with E-state index in [9.17, 15) is 9.59 Å². The summed E-state index contributed by atoms with van der Waals surface area (Å²) in [5, 5.41) is 0. The number of benzene rings is 2. The lowest BCUT2D eigenvalue weighted by atomic mass is 9.98. The molecule has 8 nitrogen and oxygen atoms in total. The zero-order valence-corrected chi connectivity index (χ0v) is 19.4. The van der Waals surface area contributed by atoms with Crippen molar-refractivity contribution in [2.24, 2.45) is 5.92 Å². The molecule has 0 bridgehead atoms. The minimum atomic E-state index is -0.409. The highest BCUT2D eigenvalue weighted by Crippen LogP contribution is 2.38. The van der Waals surface area contributed by atoms with Crippen LogP contribution in [0.3, 0.4) is 0 Å². The Morgan fingerprint density at radius 2 is 1.64 bits per heavy atom. The molecule has 0 spiro atoms. The van der Waals surface area contributed by atoms with Crippen LogP contribution in [0.1, 0.15) is 24.0 Å². The maximum absolute atomic E-state index is 12.6. The van der Waals surface area contributed by atoms with Crippen molar-refractivity contribution in [1.29, 1.82) is 0 Å². The van der Waals surface area contributed by atoms with E-state index in [4.69, 9.17) is 23.7 Å². The van der Waals surface area contributed by atoms with Crippen LogP contribution in [0.15, 0.2) is 42.5 Å². The summed E-state index contributed by atoms with van der Waals surface area (Å²) in [5.74, 6) is 0.957. The van der Waals surface area contributed by atoms with Gasteiger partial charge in [-0.05, 0) is 36.1 Å². The van der Waals surface area contributed by atoms with Gasteiger partial charge in [0, 0.05) is 19.5 Å². The molecule has 1 aliphatic heterocycles. The van der Waals surface area contributed by atoms with Gasteiger partial charge in [-0.25, -0.2) is 4.79 Å². The summed E-state index contributed by atoms with van der Waals surface area (Å²) in [6.07, 6.45) is 1.50. The van der Waals surface area contributed by atoms with Crippen molar-refractivity contribution in [2.45, 2.75) is 25.9 Å². The smallest absolute Gasteiger partial charge is 0.410 e. The van der Waals surface area contributed by atoms with Gasteiger partial charge in [0.25, 0.3) is 0 Å². The van der Waals surface area contributed by atoms with Gasteiger partial charge in [-0.2, -0.15) is 0 Å². The summed E-state index contributed by atoms with van der Waals surface area (Å²) in [7, 11) is 4.66. The van der Waals surface area contributed by atoms with Gasteiger partial charge in [0.2, 0.25) is 5.75 Å². The molecule has 1 atom stereocenters. The minimum absolute atomic E-state index is 0.208. The second kappa shape index (κ2) is 12.0. The average molecular weight is 458 g/mol. The standard InChI is InChI=1S/C25H31NO7/c1-29-21-14-19(15-22(30-2)23(21)31-3)11-13-32-24(27)20-10-7-12-26(16-20)25(28)33-17-18-8-5-4-6-9-18/h4-6,8-9,14-15,20H,7,10-13,16-17H2,1-3H3/t20-/m1/s1. The van der Waals surface area contributed by atoms with Gasteiger partial charge in [-0.3, -0.25) is 4.79 Å². The van der Waals surface area contributed by atoms with E-state index in [1.165, 1.54) is 0 Å². The van der Waals surface area contributed by atoms with Crippen LogP contribution in [-0.2, 0) is 27.3 Å². The highest BCUT2D eigenvalue weighted by atomic mass is 16.6. The molecule has 2 aromatic rings. The maximum atomic E-state index is 12.6. The fourth-order valence-corrected chi connectivity index (χ4v) is 3.81. The highest BCUT2D eigenvalue weighted by Gasteiger charge is 2.30. The monoisotopic (exact) mass is 457 g/mol. The normalized spacial score (nSPS) is 15.5. The van der Waals surface area contributed by atoms with Gasteiger partial charge in [0.15, 0.2) is 11.5 Å². The first-order valence-corrected chi connectivity index (χ1v) is 11.0. The second-order valence-electron chi connectivity index (χ2n) is 7.78. The van der Waals surface area contributed by atoms with Crippen LogP contribution in [-0.4, -0.2) is 58.0 Å². The number of amides is 1. The van der Waals surface area contributed by atoms with E-state index >= 15 is 0 Å². The fraction of sp³-hybridized carbons (Fsp3) is 0.440. The summed E-state index contributed by atoms with van der Waals surface area (Å²) in [4.78, 5) is 26.6. The van der Waals surface area contributed by atoms with Gasteiger partial charge in [0.1, 0.15) is 6.61 Å². The molecule has 1 saturated heterocycles. The number of piperidine rings is 1. The fourth-order valence-electron chi connectivity index (χ4n) is 3.81. The van der Waals surface area contributed by atoms with Crippen molar-refractivity contribution in [2.75, 3.05) is 41.0 Å². The highest BCUT2D eigenvalue weighted by molar-refractivity contribution is 5.75. The van der Waals surface area contributed by atoms with Gasteiger partial charge < -0.3 is 28.6 Å². The van der Waals surface area contributed by atoms with E-state index in [0.29, 0.717) is 43.2 Å². The third-order valence-electron chi connectivity index (χ3n) is 5.58. The van der Waals surface area contributed by atoms with E-state index < -0.39 is 6.09 Å². The zero-order chi connectivity index (χ0) is 23.6. The number of carbonyl (C=O) groups is 2. The lowest BCUT2D eigenvalue weighted by Gasteiger charge is -2.30. The number of esters is 1. The molecule has 33 heavy (non-hydrogen) atoms. The summed E-state index contributed by atoms with van der Waals surface area (Å²) in [6.45, 7) is 1.30. The zero-order valence-electron chi connectivity index (χ0n) is 19.4. The first-order chi connectivity index (χ1) is 16.0. The molecule has 0 unspecified atom stereocenters. The molecule has 1 aliphatic rings. The van der Waals surface area contributed by atoms with E-state index in [1.807, 2.05) is 42.5 Å². The van der Waals surface area contributed by atoms with Crippen LogP contribution in [0.25, 0.3) is 0 Å². The second-order valence-corrected chi connectivity index (χ2v) is 7.78. The van der Waals surface area contributed by atoms with Crippen molar-refractivity contribution in [3.05, 3.63) is 53.6 Å². The molecule has 0 aromatic heterocycles. The van der Waals surface area contributed by atoms with Crippen molar-refractivity contribution >= 4 is 12.1 Å². The van der Waals surface area contributed by atoms with Crippen molar-refractivity contribution in [1.82, 2.24) is 4.90 Å². The Labute approximate surface area is 194 Å². The molecule has 1 heterocycles. The minimum Gasteiger partial charge on any atom is -0.493 e. The van der Waals surface area contributed by atoms with Crippen molar-refractivity contribution in [3.63, 3.8) is 0 Å². The van der Waals surface area contributed by atoms with E-state index in [2.05, 4.69) is 0 Å². The Bertz CT molecular complexity index is 907. The molecule has 8 heteroatoms. The topological polar surface area (TPSA) is 83.5 Å². The quantitative estimate of drug-likeness (QED) is 0.529. The van der Waals surface area contributed by atoms with Gasteiger partial charge >= 0.3 is 12.1 Å². The van der Waals surface area contributed by atoms with E-state index in [-0.39, 0.29) is 25.1 Å². The van der Waals surface area contributed by atoms with Gasteiger partial charge in [0.05, 0.1) is 33.9 Å². The number of methoxy groups -OCH3 is 3. The predicted molar refractivity (Wildman–Crippen MR) is 122 cm³/mol. The van der Waals surface area contributed by atoms with Crippen LogP contribution < -0.4 is 14.2 Å². The number of hydrogen-bond acceptors (Lipinski definition) is 7. The Balaban J connectivity index is 1.48. The molecular formula is C25H31NO7. The Hall–Kier alpha value is -3.42. The number of likely N-dealkylation sites (tertiary alicyclic amines) is 1. The Kier molecular flexibility index (Phi) is 8.80. The Morgan fingerprint density at radius 3 is 2.27 bits per heavy atom. The lowest BCUT2D eigenvalue weighted by Crippen LogP contribution is -2.43. The summed E-state index contributed by atoms with van der Waals surface area (Å²) in [5.41, 5.74) is 1.82. The van der Waals surface area contributed by atoms with Crippen LogP contribution >= 0.6 is 0 Å². The van der Waals surface area contributed by atoms with Crippen molar-refractivity contribution < 1.29 is 33.3 Å². The number of carbonyl (C=O) groups excluding carboxylic acids is 2. The summed E-state index contributed by atoms with van der Waals surface area (Å²) >= 11 is 0.